The van der Waals surface area contributed by atoms with Crippen LogP contribution in [0.4, 0.5) is 0 Å². The van der Waals surface area contributed by atoms with Crippen molar-refractivity contribution in [3.8, 4) is 0 Å². The fourth-order valence-electron chi connectivity index (χ4n) is 1.68. The number of ether oxygens (including phenoxy) is 1. The number of rotatable bonds is 8. The predicted molar refractivity (Wildman–Crippen MR) is 63.9 cm³/mol. The average Bonchev–Trinajstić information content (AvgIpc) is 2.69. The van der Waals surface area contributed by atoms with E-state index in [2.05, 4.69) is 17.0 Å². The number of sulfonamides is 1. The van der Waals surface area contributed by atoms with E-state index in [9.17, 15) is 8.42 Å². The van der Waals surface area contributed by atoms with Crippen LogP contribution in [0.25, 0.3) is 0 Å². The summed E-state index contributed by atoms with van der Waals surface area (Å²) in [7, 11) is -3.12. The maximum Gasteiger partial charge on any atom is 0.211 e. The zero-order chi connectivity index (χ0) is 11.9. The Labute approximate surface area is 98.0 Å². The van der Waals surface area contributed by atoms with Gasteiger partial charge >= 0.3 is 0 Å². The van der Waals surface area contributed by atoms with Crippen molar-refractivity contribution in [3.05, 3.63) is 0 Å². The van der Waals surface area contributed by atoms with Gasteiger partial charge in [0.25, 0.3) is 0 Å². The smallest absolute Gasteiger partial charge is 0.211 e. The molecule has 0 aromatic rings. The van der Waals surface area contributed by atoms with Crippen LogP contribution in [-0.2, 0) is 14.8 Å². The summed E-state index contributed by atoms with van der Waals surface area (Å²) >= 11 is 0. The summed E-state index contributed by atoms with van der Waals surface area (Å²) in [5.74, 6) is 0.363. The van der Waals surface area contributed by atoms with E-state index in [1.54, 1.807) is 0 Å². The van der Waals surface area contributed by atoms with Gasteiger partial charge in [-0.25, -0.2) is 13.1 Å². The van der Waals surface area contributed by atoms with Crippen LogP contribution < -0.4 is 10.0 Å². The second-order valence-electron chi connectivity index (χ2n) is 4.16. The molecule has 0 saturated carbocycles. The first-order valence-electron chi connectivity index (χ1n) is 5.90. The summed E-state index contributed by atoms with van der Waals surface area (Å²) in [6, 6.07) is 0. The molecule has 0 aromatic heterocycles. The van der Waals surface area contributed by atoms with Crippen LogP contribution in [0.3, 0.4) is 0 Å². The second kappa shape index (κ2) is 7.21. The molecule has 1 unspecified atom stereocenters. The van der Waals surface area contributed by atoms with E-state index < -0.39 is 10.0 Å². The Kier molecular flexibility index (Phi) is 6.26. The molecule has 2 N–H and O–H groups in total. The molecule has 1 fully saturated rings. The molecule has 6 heteroatoms. The Morgan fingerprint density at radius 3 is 2.75 bits per heavy atom. The Bertz CT molecular complexity index is 274. The first kappa shape index (κ1) is 13.9. The SMILES string of the molecule is CCCNCCNS(=O)(=O)CC1CCOC1. The van der Waals surface area contributed by atoms with Crippen LogP contribution >= 0.6 is 0 Å². The number of nitrogens with one attached hydrogen (secondary N) is 2. The summed E-state index contributed by atoms with van der Waals surface area (Å²) in [6.45, 7) is 5.44. The van der Waals surface area contributed by atoms with Gasteiger partial charge in [0.05, 0.1) is 12.4 Å². The molecule has 96 valence electrons. The molecule has 0 amide bonds. The maximum atomic E-state index is 11.6. The number of hydrogen-bond acceptors (Lipinski definition) is 4. The third-order valence-corrected chi connectivity index (χ3v) is 4.08. The highest BCUT2D eigenvalue weighted by Crippen LogP contribution is 2.13. The molecular weight excluding hydrogens is 228 g/mol. The lowest BCUT2D eigenvalue weighted by molar-refractivity contribution is 0.188. The van der Waals surface area contributed by atoms with Crippen molar-refractivity contribution in [2.45, 2.75) is 19.8 Å². The third-order valence-electron chi connectivity index (χ3n) is 2.53. The van der Waals surface area contributed by atoms with E-state index in [1.165, 1.54) is 0 Å². The second-order valence-corrected chi connectivity index (χ2v) is 6.01. The van der Waals surface area contributed by atoms with Crippen LogP contribution in [0.1, 0.15) is 19.8 Å². The van der Waals surface area contributed by atoms with Gasteiger partial charge in [-0.05, 0) is 25.3 Å². The number of hydrogen-bond donors (Lipinski definition) is 2. The van der Waals surface area contributed by atoms with E-state index in [0.29, 0.717) is 26.3 Å². The van der Waals surface area contributed by atoms with Gasteiger partial charge in [0.15, 0.2) is 0 Å². The third kappa shape index (κ3) is 5.79. The van der Waals surface area contributed by atoms with E-state index >= 15 is 0 Å². The summed E-state index contributed by atoms with van der Waals surface area (Å²) < 4.78 is 31.0. The molecule has 5 nitrogen and oxygen atoms in total. The largest absolute Gasteiger partial charge is 0.381 e. The van der Waals surface area contributed by atoms with Gasteiger partial charge in [-0.3, -0.25) is 0 Å². The molecule has 0 bridgehead atoms. The molecule has 1 heterocycles. The molecular formula is C10H22N2O3S. The monoisotopic (exact) mass is 250 g/mol. The predicted octanol–water partition coefficient (Wildman–Crippen LogP) is -0.0581. The first-order chi connectivity index (χ1) is 7.64. The summed E-state index contributed by atoms with van der Waals surface area (Å²) in [6.07, 6.45) is 1.92. The van der Waals surface area contributed by atoms with Crippen LogP contribution in [0.15, 0.2) is 0 Å². The van der Waals surface area contributed by atoms with Crippen LogP contribution in [0, 0.1) is 5.92 Å². The minimum absolute atomic E-state index is 0.168. The maximum absolute atomic E-state index is 11.6. The van der Waals surface area contributed by atoms with Gasteiger partial charge in [-0.15, -0.1) is 0 Å². The van der Waals surface area contributed by atoms with Gasteiger partial charge < -0.3 is 10.1 Å². The quantitative estimate of drug-likeness (QED) is 0.592. The molecule has 1 rings (SSSR count). The van der Waals surface area contributed by atoms with Crippen molar-refractivity contribution in [1.82, 2.24) is 10.0 Å². The lowest BCUT2D eigenvalue weighted by Gasteiger charge is -2.10. The summed E-state index contributed by atoms with van der Waals surface area (Å²) in [4.78, 5) is 0. The highest BCUT2D eigenvalue weighted by atomic mass is 32.2. The van der Waals surface area contributed by atoms with Crippen molar-refractivity contribution in [3.63, 3.8) is 0 Å². The van der Waals surface area contributed by atoms with Crippen molar-refractivity contribution >= 4 is 10.0 Å². The molecule has 0 aromatic carbocycles. The van der Waals surface area contributed by atoms with Gasteiger partial charge in [0.2, 0.25) is 10.0 Å². The summed E-state index contributed by atoms with van der Waals surface area (Å²) in [5, 5.41) is 3.15. The minimum atomic E-state index is -3.12. The molecule has 1 saturated heterocycles. The summed E-state index contributed by atoms with van der Waals surface area (Å²) in [5.41, 5.74) is 0. The Hall–Kier alpha value is -0.170. The van der Waals surface area contributed by atoms with E-state index in [4.69, 9.17) is 4.74 Å². The van der Waals surface area contributed by atoms with Gasteiger partial charge in [-0.2, -0.15) is 0 Å². The van der Waals surface area contributed by atoms with Crippen LogP contribution in [0.2, 0.25) is 0 Å². The Morgan fingerprint density at radius 1 is 1.31 bits per heavy atom. The van der Waals surface area contributed by atoms with Crippen LogP contribution in [-0.4, -0.2) is 47.0 Å². The van der Waals surface area contributed by atoms with Crippen molar-refractivity contribution in [1.29, 1.82) is 0 Å². The first-order valence-corrected chi connectivity index (χ1v) is 7.55. The highest BCUT2D eigenvalue weighted by Gasteiger charge is 2.22. The zero-order valence-electron chi connectivity index (χ0n) is 9.87. The van der Waals surface area contributed by atoms with E-state index in [1.807, 2.05) is 0 Å². The minimum Gasteiger partial charge on any atom is -0.381 e. The van der Waals surface area contributed by atoms with Crippen molar-refractivity contribution in [2.24, 2.45) is 5.92 Å². The normalized spacial score (nSPS) is 21.4. The van der Waals surface area contributed by atoms with Crippen molar-refractivity contribution < 1.29 is 13.2 Å². The lowest BCUT2D eigenvalue weighted by Crippen LogP contribution is -2.35. The molecule has 0 aliphatic carbocycles. The molecule has 0 radical (unpaired) electrons. The standard InChI is InChI=1S/C10H22N2O3S/c1-2-4-11-5-6-12-16(13,14)9-10-3-7-15-8-10/h10-12H,2-9H2,1H3. The van der Waals surface area contributed by atoms with E-state index in [0.717, 1.165) is 19.4 Å². The topological polar surface area (TPSA) is 67.4 Å². The van der Waals surface area contributed by atoms with Crippen LogP contribution in [0.5, 0.6) is 0 Å². The zero-order valence-corrected chi connectivity index (χ0v) is 10.7. The average molecular weight is 250 g/mol. The molecule has 0 spiro atoms. The molecule has 1 atom stereocenters. The lowest BCUT2D eigenvalue weighted by atomic mass is 10.2. The van der Waals surface area contributed by atoms with Gasteiger partial charge in [-0.1, -0.05) is 6.92 Å². The fraction of sp³-hybridized carbons (Fsp3) is 1.00. The van der Waals surface area contributed by atoms with E-state index in [-0.39, 0.29) is 11.7 Å². The Balaban J connectivity index is 2.13. The van der Waals surface area contributed by atoms with Crippen molar-refractivity contribution in [2.75, 3.05) is 38.6 Å². The van der Waals surface area contributed by atoms with Gasteiger partial charge in [0.1, 0.15) is 0 Å². The molecule has 16 heavy (non-hydrogen) atoms. The molecule has 1 aliphatic rings. The van der Waals surface area contributed by atoms with Gasteiger partial charge in [0, 0.05) is 19.7 Å². The fourth-order valence-corrected chi connectivity index (χ4v) is 3.10. The Morgan fingerprint density at radius 2 is 2.12 bits per heavy atom. The molecule has 1 aliphatic heterocycles. The highest BCUT2D eigenvalue weighted by molar-refractivity contribution is 7.89.